The smallest absolute Gasteiger partial charge is 0.161 e. The van der Waals surface area contributed by atoms with Crippen molar-refractivity contribution in [1.82, 2.24) is 9.97 Å². The highest BCUT2D eigenvalue weighted by Gasteiger charge is 2.15. The monoisotopic (exact) mass is 346 g/mol. The van der Waals surface area contributed by atoms with Crippen molar-refractivity contribution in [2.45, 2.75) is 6.92 Å². The first kappa shape index (κ1) is 17.2. The molecule has 0 saturated heterocycles. The molecular weight excluding hydrogens is 328 g/mol. The topological polar surface area (TPSA) is 94.0 Å². The van der Waals surface area contributed by atoms with Crippen LogP contribution in [0.4, 0.5) is 5.82 Å². The maximum absolute atomic E-state index is 9.55. The average Bonchev–Trinajstić information content (AvgIpc) is 2.68. The summed E-state index contributed by atoms with van der Waals surface area (Å²) in [4.78, 5) is 8.38. The molecule has 0 aliphatic rings. The third-order valence-electron chi connectivity index (χ3n) is 3.91. The zero-order valence-electron chi connectivity index (χ0n) is 14.6. The number of nitriles is 1. The highest BCUT2D eigenvalue weighted by molar-refractivity contribution is 5.81. The van der Waals surface area contributed by atoms with Gasteiger partial charge in [-0.1, -0.05) is 6.07 Å². The molecule has 0 spiro atoms. The molecule has 2 heterocycles. The van der Waals surface area contributed by atoms with Gasteiger partial charge < -0.3 is 15.2 Å². The first-order chi connectivity index (χ1) is 12.7. The molecule has 3 rings (SSSR count). The standard InChI is InChI=1S/C20H18N4O2/c1-3-26-18-5-4-14(10-19(18)25-2)15-11-17(13-6-8-23-9-7-13)24-20(22)16(15)12-21/h4-11H,3H2,1-2H3,(H2,22,24). The normalized spacial score (nSPS) is 10.2. The minimum Gasteiger partial charge on any atom is -0.493 e. The summed E-state index contributed by atoms with van der Waals surface area (Å²) in [6, 6.07) is 13.2. The number of hydrogen-bond acceptors (Lipinski definition) is 6. The zero-order valence-corrected chi connectivity index (χ0v) is 14.6. The molecule has 2 N–H and O–H groups in total. The molecule has 6 nitrogen and oxygen atoms in total. The van der Waals surface area contributed by atoms with E-state index < -0.39 is 0 Å². The van der Waals surface area contributed by atoms with Gasteiger partial charge in [0, 0.05) is 23.5 Å². The molecule has 1 aromatic carbocycles. The van der Waals surface area contributed by atoms with E-state index >= 15 is 0 Å². The summed E-state index contributed by atoms with van der Waals surface area (Å²) in [7, 11) is 1.58. The Hall–Kier alpha value is -3.59. The lowest BCUT2D eigenvalue weighted by Crippen LogP contribution is -2.00. The van der Waals surface area contributed by atoms with Crippen molar-refractivity contribution in [3.8, 4) is 40.0 Å². The quantitative estimate of drug-likeness (QED) is 0.757. The fraction of sp³-hybridized carbons (Fsp3) is 0.150. The van der Waals surface area contributed by atoms with Gasteiger partial charge >= 0.3 is 0 Å². The van der Waals surface area contributed by atoms with Gasteiger partial charge in [0.1, 0.15) is 17.5 Å². The Morgan fingerprint density at radius 3 is 2.50 bits per heavy atom. The van der Waals surface area contributed by atoms with E-state index in [0.717, 1.165) is 11.1 Å². The van der Waals surface area contributed by atoms with E-state index in [-0.39, 0.29) is 5.82 Å². The lowest BCUT2D eigenvalue weighted by molar-refractivity contribution is 0.311. The number of nitrogens with zero attached hydrogens (tertiary/aromatic N) is 3. The van der Waals surface area contributed by atoms with Gasteiger partial charge in [0.05, 0.1) is 19.4 Å². The van der Waals surface area contributed by atoms with Crippen molar-refractivity contribution in [1.29, 1.82) is 5.26 Å². The van der Waals surface area contributed by atoms with Crippen molar-refractivity contribution in [3.05, 3.63) is 54.4 Å². The van der Waals surface area contributed by atoms with Gasteiger partial charge in [-0.25, -0.2) is 4.98 Å². The fourth-order valence-corrected chi connectivity index (χ4v) is 2.69. The summed E-state index contributed by atoms with van der Waals surface area (Å²) in [5.74, 6) is 1.42. The second kappa shape index (κ2) is 7.53. The Kier molecular flexibility index (Phi) is 4.99. The zero-order chi connectivity index (χ0) is 18.5. The van der Waals surface area contributed by atoms with Crippen LogP contribution in [0.2, 0.25) is 0 Å². The van der Waals surface area contributed by atoms with E-state index in [1.807, 2.05) is 43.3 Å². The first-order valence-electron chi connectivity index (χ1n) is 8.10. The molecule has 0 aliphatic carbocycles. The Bertz CT molecular complexity index is 966. The molecule has 0 saturated carbocycles. The maximum Gasteiger partial charge on any atom is 0.161 e. The molecule has 130 valence electrons. The molecular formula is C20H18N4O2. The van der Waals surface area contributed by atoms with Crippen LogP contribution >= 0.6 is 0 Å². The second-order valence-corrected chi connectivity index (χ2v) is 5.46. The average molecular weight is 346 g/mol. The van der Waals surface area contributed by atoms with Crippen LogP contribution in [0.3, 0.4) is 0 Å². The maximum atomic E-state index is 9.55. The lowest BCUT2D eigenvalue weighted by atomic mass is 9.98. The molecule has 2 aromatic heterocycles. The van der Waals surface area contributed by atoms with Crippen LogP contribution in [0.1, 0.15) is 12.5 Å². The third-order valence-corrected chi connectivity index (χ3v) is 3.91. The Morgan fingerprint density at radius 1 is 1.08 bits per heavy atom. The fourth-order valence-electron chi connectivity index (χ4n) is 2.69. The lowest BCUT2D eigenvalue weighted by Gasteiger charge is -2.13. The number of methoxy groups -OCH3 is 1. The molecule has 0 fully saturated rings. The number of rotatable bonds is 5. The van der Waals surface area contributed by atoms with Gasteiger partial charge in [0.15, 0.2) is 11.5 Å². The Morgan fingerprint density at radius 2 is 1.85 bits per heavy atom. The van der Waals surface area contributed by atoms with Crippen molar-refractivity contribution >= 4 is 5.82 Å². The first-order valence-corrected chi connectivity index (χ1v) is 8.10. The number of nitrogen functional groups attached to an aromatic ring is 1. The third kappa shape index (κ3) is 3.28. The molecule has 0 bridgehead atoms. The van der Waals surface area contributed by atoms with Crippen LogP contribution in [-0.2, 0) is 0 Å². The highest BCUT2D eigenvalue weighted by atomic mass is 16.5. The van der Waals surface area contributed by atoms with Gasteiger partial charge in [0.2, 0.25) is 0 Å². The summed E-state index contributed by atoms with van der Waals surface area (Å²) in [6.45, 7) is 2.44. The SMILES string of the molecule is CCOc1ccc(-c2cc(-c3ccncc3)nc(N)c2C#N)cc1OC. The molecule has 0 radical (unpaired) electrons. The number of aromatic nitrogens is 2. The van der Waals surface area contributed by atoms with Crippen LogP contribution in [-0.4, -0.2) is 23.7 Å². The molecule has 0 amide bonds. The second-order valence-electron chi connectivity index (χ2n) is 5.46. The summed E-state index contributed by atoms with van der Waals surface area (Å²) >= 11 is 0. The number of ether oxygens (including phenoxy) is 2. The van der Waals surface area contributed by atoms with Crippen molar-refractivity contribution in [2.75, 3.05) is 19.5 Å². The molecule has 26 heavy (non-hydrogen) atoms. The summed E-state index contributed by atoms with van der Waals surface area (Å²) < 4.78 is 11.0. The van der Waals surface area contributed by atoms with Crippen LogP contribution in [0, 0.1) is 11.3 Å². The predicted octanol–water partition coefficient (Wildman–Crippen LogP) is 3.67. The molecule has 0 atom stereocenters. The minimum atomic E-state index is 0.185. The number of benzene rings is 1. The molecule has 0 aliphatic heterocycles. The van der Waals surface area contributed by atoms with Crippen LogP contribution in [0.25, 0.3) is 22.4 Å². The van der Waals surface area contributed by atoms with Gasteiger partial charge in [-0.2, -0.15) is 5.26 Å². The molecule has 6 heteroatoms. The summed E-state index contributed by atoms with van der Waals surface area (Å²) in [5, 5.41) is 9.55. The van der Waals surface area contributed by atoms with Crippen molar-refractivity contribution < 1.29 is 9.47 Å². The number of anilines is 1. The van der Waals surface area contributed by atoms with Crippen LogP contribution in [0.15, 0.2) is 48.8 Å². The van der Waals surface area contributed by atoms with Gasteiger partial charge in [-0.3, -0.25) is 4.98 Å². The molecule has 0 unspecified atom stereocenters. The van der Waals surface area contributed by atoms with Crippen LogP contribution in [0.5, 0.6) is 11.5 Å². The Balaban J connectivity index is 2.18. The number of pyridine rings is 2. The molecule has 3 aromatic rings. The summed E-state index contributed by atoms with van der Waals surface area (Å²) in [5.41, 5.74) is 9.41. The van der Waals surface area contributed by atoms with Crippen LogP contribution < -0.4 is 15.2 Å². The number of hydrogen-bond donors (Lipinski definition) is 1. The van der Waals surface area contributed by atoms with Gasteiger partial charge in [-0.05, 0) is 42.8 Å². The van der Waals surface area contributed by atoms with Crippen molar-refractivity contribution in [2.24, 2.45) is 0 Å². The number of nitrogens with two attached hydrogens (primary N) is 1. The summed E-state index contributed by atoms with van der Waals surface area (Å²) in [6.07, 6.45) is 3.37. The highest BCUT2D eigenvalue weighted by Crippen LogP contribution is 2.36. The van der Waals surface area contributed by atoms with Crippen molar-refractivity contribution in [3.63, 3.8) is 0 Å². The van der Waals surface area contributed by atoms with E-state index in [0.29, 0.717) is 34.9 Å². The van der Waals surface area contributed by atoms with E-state index in [4.69, 9.17) is 15.2 Å². The van der Waals surface area contributed by atoms with Gasteiger partial charge in [-0.15, -0.1) is 0 Å². The van der Waals surface area contributed by atoms with E-state index in [1.54, 1.807) is 19.5 Å². The Labute approximate surface area is 151 Å². The largest absolute Gasteiger partial charge is 0.493 e. The van der Waals surface area contributed by atoms with E-state index in [2.05, 4.69) is 16.0 Å². The minimum absolute atomic E-state index is 0.185. The van der Waals surface area contributed by atoms with Gasteiger partial charge in [0.25, 0.3) is 0 Å². The van der Waals surface area contributed by atoms with E-state index in [1.165, 1.54) is 0 Å². The van der Waals surface area contributed by atoms with E-state index in [9.17, 15) is 5.26 Å². The predicted molar refractivity (Wildman–Crippen MR) is 99.8 cm³/mol.